The van der Waals surface area contributed by atoms with Gasteiger partial charge in [-0.2, -0.15) is 4.98 Å². The molecule has 2 amide bonds. The molecule has 0 aliphatic rings. The van der Waals surface area contributed by atoms with E-state index in [1.165, 1.54) is 19.3 Å². The number of aromatic nitrogens is 3. The normalized spacial score (nSPS) is 10.3. The summed E-state index contributed by atoms with van der Waals surface area (Å²) < 4.78 is 5.84. The third kappa shape index (κ3) is 6.84. The fourth-order valence-corrected chi connectivity index (χ4v) is 3.53. The van der Waals surface area contributed by atoms with Gasteiger partial charge in [0.05, 0.1) is 4.90 Å². The standard InChI is InChI=1S/C26H24N8O3S/c1-3-23(35)31-17-5-4-6-18(13-17)32-24-22(38-27)15-30-26(34-24)33-16-7-9-19(10-8-16)37-20-11-12-29-21(14-20)25(36)28-2/h3-15H,1,27H2,2H3,(H,28,36)(H,31,35)(H2,30,32,33,34). The summed E-state index contributed by atoms with van der Waals surface area (Å²) in [6, 6.07) is 17.6. The van der Waals surface area contributed by atoms with E-state index in [0.717, 1.165) is 17.6 Å². The number of carbonyl (C=O) groups is 2. The number of nitrogens with two attached hydrogens (primary N) is 1. The van der Waals surface area contributed by atoms with Crippen LogP contribution in [-0.2, 0) is 4.79 Å². The minimum atomic E-state index is -0.306. The van der Waals surface area contributed by atoms with Gasteiger partial charge in [0, 0.05) is 42.6 Å². The molecule has 0 spiro atoms. The number of hydrogen-bond acceptors (Lipinski definition) is 10. The smallest absolute Gasteiger partial charge is 0.269 e. The van der Waals surface area contributed by atoms with E-state index in [1.807, 2.05) is 18.2 Å². The SMILES string of the molecule is C=CC(=O)Nc1cccc(Nc2nc(Nc3ccc(Oc4ccnc(C(=O)NC)c4)cc3)ncc2SN)c1. The molecule has 38 heavy (non-hydrogen) atoms. The Morgan fingerprint density at radius 3 is 2.50 bits per heavy atom. The van der Waals surface area contributed by atoms with Gasteiger partial charge >= 0.3 is 0 Å². The molecule has 0 radical (unpaired) electrons. The number of carbonyl (C=O) groups excluding carboxylic acids is 2. The van der Waals surface area contributed by atoms with Crippen LogP contribution in [0.3, 0.4) is 0 Å². The first-order valence-electron chi connectivity index (χ1n) is 11.2. The summed E-state index contributed by atoms with van der Waals surface area (Å²) in [5.74, 6) is 1.30. The number of nitrogens with zero attached hydrogens (tertiary/aromatic N) is 3. The molecule has 192 valence electrons. The van der Waals surface area contributed by atoms with Crippen molar-refractivity contribution in [3.05, 3.63) is 91.4 Å². The highest BCUT2D eigenvalue weighted by Gasteiger charge is 2.10. The summed E-state index contributed by atoms with van der Waals surface area (Å²) >= 11 is 1.01. The first-order chi connectivity index (χ1) is 18.5. The minimum absolute atomic E-state index is 0.261. The Balaban J connectivity index is 1.46. The van der Waals surface area contributed by atoms with Crippen LogP contribution < -0.4 is 31.1 Å². The quantitative estimate of drug-likeness (QED) is 0.146. The molecule has 12 heteroatoms. The predicted molar refractivity (Wildman–Crippen MR) is 148 cm³/mol. The van der Waals surface area contributed by atoms with Crippen LogP contribution >= 0.6 is 11.9 Å². The monoisotopic (exact) mass is 528 g/mol. The molecule has 0 saturated carbocycles. The first kappa shape index (κ1) is 26.1. The van der Waals surface area contributed by atoms with Crippen LogP contribution in [0.5, 0.6) is 11.5 Å². The number of ether oxygens (including phenoxy) is 1. The summed E-state index contributed by atoms with van der Waals surface area (Å²) in [6.45, 7) is 3.46. The van der Waals surface area contributed by atoms with E-state index in [4.69, 9.17) is 9.88 Å². The molecule has 0 bridgehead atoms. The summed E-state index contributed by atoms with van der Waals surface area (Å²) in [6.07, 6.45) is 4.32. The van der Waals surface area contributed by atoms with Crippen LogP contribution in [0.2, 0.25) is 0 Å². The van der Waals surface area contributed by atoms with Crippen LogP contribution in [0.15, 0.2) is 90.6 Å². The van der Waals surface area contributed by atoms with E-state index in [-0.39, 0.29) is 17.5 Å². The van der Waals surface area contributed by atoms with Gasteiger partial charge in [0.2, 0.25) is 11.9 Å². The Labute approximate surface area is 223 Å². The minimum Gasteiger partial charge on any atom is -0.457 e. The van der Waals surface area contributed by atoms with Gasteiger partial charge in [-0.15, -0.1) is 0 Å². The van der Waals surface area contributed by atoms with Crippen molar-refractivity contribution < 1.29 is 14.3 Å². The van der Waals surface area contributed by atoms with E-state index >= 15 is 0 Å². The fraction of sp³-hybridized carbons (Fsp3) is 0.0385. The lowest BCUT2D eigenvalue weighted by Crippen LogP contribution is -2.18. The van der Waals surface area contributed by atoms with Crippen molar-refractivity contribution in [2.75, 3.05) is 23.0 Å². The van der Waals surface area contributed by atoms with Gasteiger partial charge in [-0.1, -0.05) is 12.6 Å². The van der Waals surface area contributed by atoms with Gasteiger partial charge in [0.15, 0.2) is 5.82 Å². The van der Waals surface area contributed by atoms with Crippen molar-refractivity contribution in [3.63, 3.8) is 0 Å². The van der Waals surface area contributed by atoms with Crippen molar-refractivity contribution in [1.82, 2.24) is 20.3 Å². The van der Waals surface area contributed by atoms with Crippen LogP contribution in [0.25, 0.3) is 0 Å². The number of anilines is 5. The third-order valence-electron chi connectivity index (χ3n) is 5.00. The van der Waals surface area contributed by atoms with Crippen LogP contribution in [0, 0.1) is 0 Å². The Morgan fingerprint density at radius 1 is 0.974 bits per heavy atom. The zero-order chi connectivity index (χ0) is 26.9. The van der Waals surface area contributed by atoms with Crippen LogP contribution in [-0.4, -0.2) is 33.8 Å². The van der Waals surface area contributed by atoms with Crippen molar-refractivity contribution >= 4 is 52.6 Å². The zero-order valence-electron chi connectivity index (χ0n) is 20.3. The maximum Gasteiger partial charge on any atom is 0.269 e. The Morgan fingerprint density at radius 2 is 1.76 bits per heavy atom. The largest absolute Gasteiger partial charge is 0.457 e. The molecule has 2 aromatic carbocycles. The highest BCUT2D eigenvalue weighted by Crippen LogP contribution is 2.28. The molecule has 0 unspecified atom stereocenters. The number of rotatable bonds is 10. The average molecular weight is 529 g/mol. The fourth-order valence-electron chi connectivity index (χ4n) is 3.21. The summed E-state index contributed by atoms with van der Waals surface area (Å²) in [5, 5.41) is 17.4. The molecule has 4 aromatic rings. The predicted octanol–water partition coefficient (Wildman–Crippen LogP) is 4.60. The first-order valence-corrected chi connectivity index (χ1v) is 12.1. The molecule has 2 heterocycles. The zero-order valence-corrected chi connectivity index (χ0v) is 21.1. The lowest BCUT2D eigenvalue weighted by Gasteiger charge is -2.13. The molecule has 0 aliphatic heterocycles. The van der Waals surface area contributed by atoms with Crippen molar-refractivity contribution in [2.45, 2.75) is 4.90 Å². The molecular formula is C26H24N8O3S. The maximum absolute atomic E-state index is 11.8. The Hall–Kier alpha value is -4.94. The van der Waals surface area contributed by atoms with E-state index in [9.17, 15) is 9.59 Å². The van der Waals surface area contributed by atoms with Crippen molar-refractivity contribution in [3.8, 4) is 11.5 Å². The summed E-state index contributed by atoms with van der Waals surface area (Å²) in [7, 11) is 1.54. The van der Waals surface area contributed by atoms with Crippen molar-refractivity contribution in [1.29, 1.82) is 0 Å². The second-order valence-corrected chi connectivity index (χ2v) is 8.31. The molecule has 0 atom stereocenters. The molecular weight excluding hydrogens is 504 g/mol. The van der Waals surface area contributed by atoms with Gasteiger partial charge in [-0.25, -0.2) is 4.98 Å². The highest BCUT2D eigenvalue weighted by atomic mass is 32.2. The number of amides is 2. The molecule has 6 N–H and O–H groups in total. The molecule has 0 aliphatic carbocycles. The van der Waals surface area contributed by atoms with Gasteiger partial charge in [0.25, 0.3) is 5.91 Å². The van der Waals surface area contributed by atoms with E-state index in [0.29, 0.717) is 39.5 Å². The Kier molecular flexibility index (Phi) is 8.49. The second-order valence-electron chi connectivity index (χ2n) is 7.63. The van der Waals surface area contributed by atoms with E-state index in [2.05, 4.69) is 42.8 Å². The lowest BCUT2D eigenvalue weighted by molar-refractivity contribution is -0.111. The molecule has 11 nitrogen and oxygen atoms in total. The van der Waals surface area contributed by atoms with Crippen molar-refractivity contribution in [2.24, 2.45) is 5.14 Å². The number of benzene rings is 2. The molecule has 0 saturated heterocycles. The third-order valence-corrected chi connectivity index (χ3v) is 5.55. The molecule has 4 rings (SSSR count). The van der Waals surface area contributed by atoms with Crippen LogP contribution in [0.4, 0.5) is 28.8 Å². The van der Waals surface area contributed by atoms with E-state index in [1.54, 1.807) is 48.7 Å². The number of pyridine rings is 1. The van der Waals surface area contributed by atoms with Gasteiger partial charge in [-0.3, -0.25) is 19.7 Å². The van der Waals surface area contributed by atoms with Gasteiger partial charge in [-0.05, 0) is 66.6 Å². The van der Waals surface area contributed by atoms with Gasteiger partial charge < -0.3 is 26.0 Å². The van der Waals surface area contributed by atoms with Gasteiger partial charge in [0.1, 0.15) is 17.2 Å². The number of nitrogens with one attached hydrogen (secondary N) is 4. The summed E-state index contributed by atoms with van der Waals surface area (Å²) in [5.41, 5.74) is 2.29. The average Bonchev–Trinajstić information content (AvgIpc) is 2.94. The second kappa shape index (κ2) is 12.3. The lowest BCUT2D eigenvalue weighted by atomic mass is 10.2. The number of hydrogen-bond donors (Lipinski definition) is 5. The van der Waals surface area contributed by atoms with Crippen LogP contribution in [0.1, 0.15) is 10.5 Å². The van der Waals surface area contributed by atoms with E-state index < -0.39 is 0 Å². The summed E-state index contributed by atoms with van der Waals surface area (Å²) in [4.78, 5) is 36.9. The maximum atomic E-state index is 11.8. The molecule has 2 aromatic heterocycles. The molecule has 0 fully saturated rings. The highest BCUT2D eigenvalue weighted by molar-refractivity contribution is 7.97. The topological polar surface area (TPSA) is 156 Å². The Bertz CT molecular complexity index is 1460.